The first-order valence-corrected chi connectivity index (χ1v) is 6.43. The fourth-order valence-electron chi connectivity index (χ4n) is 1.79. The molecule has 1 atom stereocenters. The zero-order chi connectivity index (χ0) is 11.4. The second kappa shape index (κ2) is 5.27. The number of likely N-dealkylation sites (N-methyl/N-ethyl adjacent to an activating group) is 1. The Morgan fingerprint density at radius 1 is 1.50 bits per heavy atom. The van der Waals surface area contributed by atoms with Gasteiger partial charge in [-0.2, -0.15) is 5.10 Å². The molecule has 86 valence electrons. The molecule has 0 saturated heterocycles. The lowest BCUT2D eigenvalue weighted by molar-refractivity contribution is 0.547. The molecule has 0 aliphatic carbocycles. The average molecular weight is 235 g/mol. The molecule has 0 bridgehead atoms. The maximum atomic E-state index is 4.42. The summed E-state index contributed by atoms with van der Waals surface area (Å²) in [6, 6.07) is 6.75. The Morgan fingerprint density at radius 3 is 2.94 bits per heavy atom. The zero-order valence-electron chi connectivity index (χ0n) is 9.68. The first-order valence-electron chi connectivity index (χ1n) is 5.55. The average Bonchev–Trinajstić information content (AvgIpc) is 2.88. The number of hydrogen-bond acceptors (Lipinski definition) is 3. The minimum Gasteiger partial charge on any atom is -0.309 e. The van der Waals surface area contributed by atoms with Crippen LogP contribution in [0.1, 0.15) is 23.5 Å². The molecule has 1 N–H and O–H groups in total. The fraction of sp³-hybridized carbons (Fsp3) is 0.417. The number of nitrogens with one attached hydrogen (secondary N) is 1. The van der Waals surface area contributed by atoms with Crippen molar-refractivity contribution < 1.29 is 0 Å². The van der Waals surface area contributed by atoms with E-state index in [0.717, 1.165) is 18.7 Å². The molecule has 0 radical (unpaired) electrons. The van der Waals surface area contributed by atoms with Crippen LogP contribution in [0.4, 0.5) is 0 Å². The molecular weight excluding hydrogens is 218 g/mol. The molecule has 2 aromatic heterocycles. The van der Waals surface area contributed by atoms with Crippen molar-refractivity contribution in [2.45, 2.75) is 19.4 Å². The topological polar surface area (TPSA) is 29.9 Å². The molecule has 2 rings (SSSR count). The van der Waals surface area contributed by atoms with E-state index in [4.69, 9.17) is 0 Å². The van der Waals surface area contributed by atoms with Gasteiger partial charge >= 0.3 is 0 Å². The molecule has 0 saturated carbocycles. The minimum absolute atomic E-state index is 0.389. The predicted octanol–water partition coefficient (Wildman–Crippen LogP) is 2.37. The van der Waals surface area contributed by atoms with Gasteiger partial charge in [0, 0.05) is 30.6 Å². The summed E-state index contributed by atoms with van der Waals surface area (Å²) in [5.41, 5.74) is 1.14. The molecule has 16 heavy (non-hydrogen) atoms. The summed E-state index contributed by atoms with van der Waals surface area (Å²) in [6.45, 7) is 3.12. The van der Waals surface area contributed by atoms with Crippen LogP contribution in [0.2, 0.25) is 0 Å². The lowest BCUT2D eigenvalue weighted by atomic mass is 10.1. The van der Waals surface area contributed by atoms with Crippen LogP contribution in [0, 0.1) is 0 Å². The molecule has 0 aliphatic rings. The van der Waals surface area contributed by atoms with E-state index in [0.29, 0.717) is 6.04 Å². The van der Waals surface area contributed by atoms with E-state index in [1.807, 2.05) is 17.9 Å². The molecule has 0 aromatic carbocycles. The van der Waals surface area contributed by atoms with E-state index in [1.165, 1.54) is 4.88 Å². The minimum atomic E-state index is 0.389. The van der Waals surface area contributed by atoms with Crippen LogP contribution in [-0.4, -0.2) is 16.3 Å². The third-order valence-corrected chi connectivity index (χ3v) is 3.51. The van der Waals surface area contributed by atoms with E-state index in [9.17, 15) is 0 Å². The molecule has 0 spiro atoms. The van der Waals surface area contributed by atoms with Crippen LogP contribution < -0.4 is 5.32 Å². The molecule has 2 aromatic rings. The first kappa shape index (κ1) is 11.4. The van der Waals surface area contributed by atoms with E-state index in [-0.39, 0.29) is 0 Å². The van der Waals surface area contributed by atoms with E-state index < -0.39 is 0 Å². The highest BCUT2D eigenvalue weighted by atomic mass is 32.1. The van der Waals surface area contributed by atoms with Gasteiger partial charge in [0.05, 0.1) is 5.69 Å². The smallest absolute Gasteiger partial charge is 0.0643 e. The van der Waals surface area contributed by atoms with E-state index in [1.54, 1.807) is 11.3 Å². The molecule has 0 amide bonds. The van der Waals surface area contributed by atoms with Crippen LogP contribution in [0.25, 0.3) is 0 Å². The SMILES string of the molecule is CCNC(Cc1ccn(C)n1)c1cccs1. The van der Waals surface area contributed by atoms with Gasteiger partial charge in [-0.25, -0.2) is 0 Å². The van der Waals surface area contributed by atoms with Gasteiger partial charge in [-0.05, 0) is 24.1 Å². The Kier molecular flexibility index (Phi) is 3.74. The lowest BCUT2D eigenvalue weighted by Crippen LogP contribution is -2.22. The number of hydrogen-bond donors (Lipinski definition) is 1. The summed E-state index contributed by atoms with van der Waals surface area (Å²) in [5, 5.41) is 10.1. The highest BCUT2D eigenvalue weighted by Crippen LogP contribution is 2.22. The van der Waals surface area contributed by atoms with E-state index in [2.05, 4.69) is 40.9 Å². The lowest BCUT2D eigenvalue weighted by Gasteiger charge is -2.14. The largest absolute Gasteiger partial charge is 0.309 e. The Morgan fingerprint density at radius 2 is 2.38 bits per heavy atom. The summed E-state index contributed by atoms with van der Waals surface area (Å²) in [4.78, 5) is 1.38. The van der Waals surface area contributed by atoms with Gasteiger partial charge in [-0.3, -0.25) is 4.68 Å². The van der Waals surface area contributed by atoms with Crippen molar-refractivity contribution in [3.63, 3.8) is 0 Å². The van der Waals surface area contributed by atoms with Crippen LogP contribution in [-0.2, 0) is 13.5 Å². The van der Waals surface area contributed by atoms with Crippen molar-refractivity contribution in [1.82, 2.24) is 15.1 Å². The Bertz CT molecular complexity index is 419. The molecule has 3 nitrogen and oxygen atoms in total. The van der Waals surface area contributed by atoms with Gasteiger partial charge in [0.1, 0.15) is 0 Å². The number of aryl methyl sites for hydroxylation is 1. The quantitative estimate of drug-likeness (QED) is 0.862. The van der Waals surface area contributed by atoms with Crippen LogP contribution in [0.3, 0.4) is 0 Å². The molecule has 4 heteroatoms. The van der Waals surface area contributed by atoms with Gasteiger partial charge in [-0.1, -0.05) is 13.0 Å². The number of thiophene rings is 1. The van der Waals surface area contributed by atoms with Crippen molar-refractivity contribution in [3.8, 4) is 0 Å². The van der Waals surface area contributed by atoms with Crippen LogP contribution in [0.15, 0.2) is 29.8 Å². The van der Waals surface area contributed by atoms with Gasteiger partial charge in [0.2, 0.25) is 0 Å². The Balaban J connectivity index is 2.09. The molecular formula is C12H17N3S. The van der Waals surface area contributed by atoms with Crippen LogP contribution in [0.5, 0.6) is 0 Å². The monoisotopic (exact) mass is 235 g/mol. The van der Waals surface area contributed by atoms with Crippen molar-refractivity contribution in [3.05, 3.63) is 40.3 Å². The summed E-state index contributed by atoms with van der Waals surface area (Å²) in [7, 11) is 1.96. The predicted molar refractivity (Wildman–Crippen MR) is 67.6 cm³/mol. The Hall–Kier alpha value is -1.13. The molecule has 0 aliphatic heterocycles. The number of nitrogens with zero attached hydrogens (tertiary/aromatic N) is 2. The highest BCUT2D eigenvalue weighted by Gasteiger charge is 2.13. The van der Waals surface area contributed by atoms with E-state index >= 15 is 0 Å². The van der Waals surface area contributed by atoms with Gasteiger partial charge in [0.15, 0.2) is 0 Å². The maximum Gasteiger partial charge on any atom is 0.0643 e. The van der Waals surface area contributed by atoms with Crippen molar-refractivity contribution >= 4 is 11.3 Å². The third kappa shape index (κ3) is 2.71. The molecule has 2 heterocycles. The molecule has 1 unspecified atom stereocenters. The second-order valence-corrected chi connectivity index (χ2v) is 4.79. The Labute approximate surface area is 100 Å². The summed E-state index contributed by atoms with van der Waals surface area (Å²) >= 11 is 1.80. The van der Waals surface area contributed by atoms with Crippen molar-refractivity contribution in [2.75, 3.05) is 6.54 Å². The highest BCUT2D eigenvalue weighted by molar-refractivity contribution is 7.10. The zero-order valence-corrected chi connectivity index (χ0v) is 10.5. The fourth-order valence-corrected chi connectivity index (χ4v) is 2.59. The number of rotatable bonds is 5. The van der Waals surface area contributed by atoms with Crippen molar-refractivity contribution in [2.24, 2.45) is 7.05 Å². The molecule has 0 fully saturated rings. The van der Waals surface area contributed by atoms with Gasteiger partial charge in [0.25, 0.3) is 0 Å². The number of aromatic nitrogens is 2. The third-order valence-electron chi connectivity index (χ3n) is 2.52. The maximum absolute atomic E-state index is 4.42. The van der Waals surface area contributed by atoms with Gasteiger partial charge < -0.3 is 5.32 Å². The summed E-state index contributed by atoms with van der Waals surface area (Å²) in [5.74, 6) is 0. The standard InChI is InChI=1S/C12H17N3S/c1-3-13-11(12-5-4-8-16-12)9-10-6-7-15(2)14-10/h4-8,11,13H,3,9H2,1-2H3. The first-order chi connectivity index (χ1) is 7.79. The van der Waals surface area contributed by atoms with Gasteiger partial charge in [-0.15, -0.1) is 11.3 Å². The summed E-state index contributed by atoms with van der Waals surface area (Å²) in [6.07, 6.45) is 2.95. The summed E-state index contributed by atoms with van der Waals surface area (Å²) < 4.78 is 1.85. The van der Waals surface area contributed by atoms with Crippen LogP contribution >= 0.6 is 11.3 Å². The second-order valence-electron chi connectivity index (χ2n) is 3.81. The normalized spacial score (nSPS) is 12.9. The van der Waals surface area contributed by atoms with Crippen molar-refractivity contribution in [1.29, 1.82) is 0 Å².